The van der Waals surface area contributed by atoms with Crippen LogP contribution < -0.4 is 4.74 Å². The predicted molar refractivity (Wildman–Crippen MR) is 84.4 cm³/mol. The average Bonchev–Trinajstić information content (AvgIpc) is 2.59. The number of carboxylic acids is 1. The molecule has 1 atom stereocenters. The van der Waals surface area contributed by atoms with E-state index in [1.54, 1.807) is 24.3 Å². The van der Waals surface area contributed by atoms with E-state index in [0.717, 1.165) is 11.1 Å². The van der Waals surface area contributed by atoms with Gasteiger partial charge >= 0.3 is 5.97 Å². The third-order valence-electron chi connectivity index (χ3n) is 4.11. The van der Waals surface area contributed by atoms with Gasteiger partial charge in [0.25, 0.3) is 5.91 Å². The van der Waals surface area contributed by atoms with E-state index in [1.807, 2.05) is 24.3 Å². The van der Waals surface area contributed by atoms with Crippen molar-refractivity contribution in [1.82, 2.24) is 4.90 Å². The smallest absolute Gasteiger partial charge is 0.326 e. The molecule has 3 rings (SSSR count). The molecule has 0 spiro atoms. The minimum Gasteiger partial charge on any atom is -0.497 e. The second-order valence-electron chi connectivity index (χ2n) is 5.49. The number of carbonyl (C=O) groups is 2. The standard InChI is InChI=1S/C18H17NO4/c1-23-15-8-4-7-13(9-15)17(20)19-11-14-6-3-2-5-12(14)10-16(19)18(21)22/h2-9,16H,10-11H2,1H3,(H,21,22). The van der Waals surface area contributed by atoms with Crippen molar-refractivity contribution in [2.75, 3.05) is 7.11 Å². The second-order valence-corrected chi connectivity index (χ2v) is 5.49. The number of hydrogen-bond acceptors (Lipinski definition) is 3. The van der Waals surface area contributed by atoms with Crippen molar-refractivity contribution in [1.29, 1.82) is 0 Å². The minimum absolute atomic E-state index is 0.295. The number of fused-ring (bicyclic) bond motifs is 1. The van der Waals surface area contributed by atoms with Gasteiger partial charge in [0, 0.05) is 18.5 Å². The van der Waals surface area contributed by atoms with E-state index in [9.17, 15) is 14.7 Å². The van der Waals surface area contributed by atoms with Gasteiger partial charge in [-0.05, 0) is 29.3 Å². The quantitative estimate of drug-likeness (QED) is 0.945. The lowest BCUT2D eigenvalue weighted by atomic mass is 9.93. The van der Waals surface area contributed by atoms with E-state index in [-0.39, 0.29) is 5.91 Å². The summed E-state index contributed by atoms with van der Waals surface area (Å²) < 4.78 is 5.14. The van der Waals surface area contributed by atoms with Crippen molar-refractivity contribution in [3.8, 4) is 5.75 Å². The minimum atomic E-state index is -0.990. The van der Waals surface area contributed by atoms with Gasteiger partial charge in [0.1, 0.15) is 11.8 Å². The van der Waals surface area contributed by atoms with Crippen LogP contribution in [0.15, 0.2) is 48.5 Å². The van der Waals surface area contributed by atoms with Crippen LogP contribution >= 0.6 is 0 Å². The van der Waals surface area contributed by atoms with Gasteiger partial charge in [-0.15, -0.1) is 0 Å². The number of amides is 1. The Morgan fingerprint density at radius 1 is 1.13 bits per heavy atom. The molecule has 1 amide bonds. The molecule has 0 fully saturated rings. The Kier molecular flexibility index (Phi) is 4.02. The zero-order valence-electron chi connectivity index (χ0n) is 12.7. The summed E-state index contributed by atoms with van der Waals surface area (Å²) in [6.07, 6.45) is 0.321. The number of nitrogens with zero attached hydrogens (tertiary/aromatic N) is 1. The molecule has 0 saturated carbocycles. The molecule has 2 aromatic carbocycles. The maximum absolute atomic E-state index is 12.8. The van der Waals surface area contributed by atoms with Crippen molar-refractivity contribution >= 4 is 11.9 Å². The summed E-state index contributed by atoms with van der Waals surface area (Å²) in [6, 6.07) is 13.5. The number of ether oxygens (including phenoxy) is 1. The maximum Gasteiger partial charge on any atom is 0.326 e. The molecular formula is C18H17NO4. The molecule has 2 aromatic rings. The normalized spacial score (nSPS) is 16.6. The summed E-state index contributed by atoms with van der Waals surface area (Å²) in [5.74, 6) is -0.721. The van der Waals surface area contributed by atoms with E-state index in [2.05, 4.69) is 0 Å². The second kappa shape index (κ2) is 6.12. The van der Waals surface area contributed by atoms with Crippen molar-refractivity contribution < 1.29 is 19.4 Å². The number of rotatable bonds is 3. The number of carbonyl (C=O) groups excluding carboxylic acids is 1. The molecular weight excluding hydrogens is 294 g/mol. The van der Waals surface area contributed by atoms with Gasteiger partial charge < -0.3 is 14.7 Å². The van der Waals surface area contributed by atoms with Crippen molar-refractivity contribution in [3.05, 3.63) is 65.2 Å². The molecule has 1 aliphatic rings. The molecule has 1 heterocycles. The maximum atomic E-state index is 12.8. The number of benzene rings is 2. The van der Waals surface area contributed by atoms with Crippen molar-refractivity contribution in [2.24, 2.45) is 0 Å². The molecule has 5 heteroatoms. The summed E-state index contributed by atoms with van der Waals surface area (Å²) in [4.78, 5) is 25.8. The SMILES string of the molecule is COc1cccc(C(=O)N2Cc3ccccc3CC2C(=O)O)c1. The van der Waals surface area contributed by atoms with Gasteiger partial charge in [0.15, 0.2) is 0 Å². The van der Waals surface area contributed by atoms with Crippen LogP contribution in [0.25, 0.3) is 0 Å². The van der Waals surface area contributed by atoms with Crippen LogP contribution in [-0.2, 0) is 17.8 Å². The molecule has 1 unspecified atom stereocenters. The number of hydrogen-bond donors (Lipinski definition) is 1. The van der Waals surface area contributed by atoms with Gasteiger partial charge in [-0.2, -0.15) is 0 Å². The Labute approximate surface area is 134 Å². The first-order valence-electron chi connectivity index (χ1n) is 7.35. The van der Waals surface area contributed by atoms with Gasteiger partial charge in [-0.3, -0.25) is 4.79 Å². The van der Waals surface area contributed by atoms with Gasteiger partial charge in [0.05, 0.1) is 7.11 Å². The molecule has 0 radical (unpaired) electrons. The zero-order valence-corrected chi connectivity index (χ0v) is 12.7. The largest absolute Gasteiger partial charge is 0.497 e. The predicted octanol–water partition coefficient (Wildman–Crippen LogP) is 2.35. The summed E-state index contributed by atoms with van der Waals surface area (Å²) in [5, 5.41) is 9.51. The van der Waals surface area contributed by atoms with E-state index in [1.165, 1.54) is 12.0 Å². The van der Waals surface area contributed by atoms with E-state index < -0.39 is 12.0 Å². The molecule has 0 bridgehead atoms. The lowest BCUT2D eigenvalue weighted by molar-refractivity contribution is -0.142. The Bertz CT molecular complexity index is 756. The first-order valence-corrected chi connectivity index (χ1v) is 7.35. The Balaban J connectivity index is 1.95. The number of methoxy groups -OCH3 is 1. The summed E-state index contributed by atoms with van der Waals surface area (Å²) in [6.45, 7) is 0.295. The summed E-state index contributed by atoms with van der Waals surface area (Å²) in [5.41, 5.74) is 2.39. The van der Waals surface area contributed by atoms with Gasteiger partial charge in [-0.1, -0.05) is 30.3 Å². The highest BCUT2D eigenvalue weighted by Gasteiger charge is 2.34. The Morgan fingerprint density at radius 3 is 2.57 bits per heavy atom. The van der Waals surface area contributed by atoms with Crippen molar-refractivity contribution in [3.63, 3.8) is 0 Å². The van der Waals surface area contributed by atoms with E-state index >= 15 is 0 Å². The fraction of sp³-hybridized carbons (Fsp3) is 0.222. The summed E-state index contributed by atoms with van der Waals surface area (Å²) >= 11 is 0. The Morgan fingerprint density at radius 2 is 1.87 bits per heavy atom. The van der Waals surface area contributed by atoms with Crippen LogP contribution in [0.1, 0.15) is 21.5 Å². The average molecular weight is 311 g/mol. The fourth-order valence-electron chi connectivity index (χ4n) is 2.88. The molecule has 0 saturated heterocycles. The monoisotopic (exact) mass is 311 g/mol. The van der Waals surface area contributed by atoms with Crippen molar-refractivity contribution in [2.45, 2.75) is 19.0 Å². The third kappa shape index (κ3) is 2.90. The Hall–Kier alpha value is -2.82. The molecule has 23 heavy (non-hydrogen) atoms. The van der Waals surface area contributed by atoms with Crippen LogP contribution in [-0.4, -0.2) is 35.0 Å². The van der Waals surface area contributed by atoms with Gasteiger partial charge in [0.2, 0.25) is 0 Å². The highest BCUT2D eigenvalue weighted by Crippen LogP contribution is 2.26. The number of carboxylic acid groups (broad SMARTS) is 1. The molecule has 0 aromatic heterocycles. The van der Waals surface area contributed by atoms with Crippen LogP contribution in [0.2, 0.25) is 0 Å². The zero-order chi connectivity index (χ0) is 16.4. The first-order chi connectivity index (χ1) is 11.1. The lowest BCUT2D eigenvalue weighted by Gasteiger charge is -2.34. The molecule has 1 aliphatic heterocycles. The molecule has 0 aliphatic carbocycles. The van der Waals surface area contributed by atoms with Crippen LogP contribution in [0, 0.1) is 0 Å². The highest BCUT2D eigenvalue weighted by atomic mass is 16.5. The van der Waals surface area contributed by atoms with Crippen LogP contribution in [0.5, 0.6) is 5.75 Å². The molecule has 118 valence electrons. The van der Waals surface area contributed by atoms with Crippen LogP contribution in [0.4, 0.5) is 0 Å². The summed E-state index contributed by atoms with van der Waals surface area (Å²) in [7, 11) is 1.53. The number of aliphatic carboxylic acids is 1. The van der Waals surface area contributed by atoms with E-state index in [4.69, 9.17) is 4.74 Å². The van der Waals surface area contributed by atoms with Crippen LogP contribution in [0.3, 0.4) is 0 Å². The topological polar surface area (TPSA) is 66.8 Å². The lowest BCUT2D eigenvalue weighted by Crippen LogP contribution is -2.48. The highest BCUT2D eigenvalue weighted by molar-refractivity contribution is 5.97. The first kappa shape index (κ1) is 15.1. The molecule has 1 N–H and O–H groups in total. The van der Waals surface area contributed by atoms with E-state index in [0.29, 0.717) is 24.3 Å². The molecule has 5 nitrogen and oxygen atoms in total. The fourth-order valence-corrected chi connectivity index (χ4v) is 2.88. The van der Waals surface area contributed by atoms with Gasteiger partial charge in [-0.25, -0.2) is 4.79 Å². The third-order valence-corrected chi connectivity index (χ3v) is 4.11.